The molecule has 0 aliphatic carbocycles. The second-order valence-corrected chi connectivity index (χ2v) is 8.09. The van der Waals surface area contributed by atoms with Gasteiger partial charge in [0.2, 0.25) is 11.6 Å². The van der Waals surface area contributed by atoms with Crippen LogP contribution in [0.3, 0.4) is 0 Å². The van der Waals surface area contributed by atoms with Crippen molar-refractivity contribution in [1.82, 2.24) is 30.7 Å². The fourth-order valence-corrected chi connectivity index (χ4v) is 3.73. The average Bonchev–Trinajstić information content (AvgIpc) is 3.40. The lowest BCUT2D eigenvalue weighted by atomic mass is 10.2. The van der Waals surface area contributed by atoms with Gasteiger partial charge in [-0.2, -0.15) is 9.78 Å². The molecule has 1 amide bonds. The van der Waals surface area contributed by atoms with Crippen LogP contribution in [0.25, 0.3) is 5.82 Å². The van der Waals surface area contributed by atoms with E-state index in [-0.39, 0.29) is 17.3 Å². The molecule has 0 aliphatic heterocycles. The molecule has 2 heterocycles. The number of anilines is 1. The summed E-state index contributed by atoms with van der Waals surface area (Å²) >= 11 is 4.88. The van der Waals surface area contributed by atoms with Crippen LogP contribution in [0.5, 0.6) is 0 Å². The summed E-state index contributed by atoms with van der Waals surface area (Å²) in [6, 6.07) is 17.2. The standard InChI is InChI=1S/C19H15BrN8O2S/c20-13-8-6-12(7-9-13)10-22-24-19(29)16-15(11-31-14-4-2-1-3-5-14)28(27-23-16)18-17(21)25-30-26-18/h1-10H,11H2,(H2,21,25)(H,24,29)/b22-10-. The average molecular weight is 499 g/mol. The third kappa shape index (κ3) is 4.98. The summed E-state index contributed by atoms with van der Waals surface area (Å²) in [6.45, 7) is 0. The van der Waals surface area contributed by atoms with Gasteiger partial charge in [-0.15, -0.1) is 16.9 Å². The molecular formula is C19H15BrN8O2S. The zero-order chi connectivity index (χ0) is 21.6. The number of halogens is 1. The van der Waals surface area contributed by atoms with Crippen molar-refractivity contribution in [1.29, 1.82) is 0 Å². The van der Waals surface area contributed by atoms with Crippen molar-refractivity contribution in [2.24, 2.45) is 5.10 Å². The zero-order valence-corrected chi connectivity index (χ0v) is 18.2. The van der Waals surface area contributed by atoms with Crippen molar-refractivity contribution >= 4 is 45.6 Å². The van der Waals surface area contributed by atoms with Crippen LogP contribution < -0.4 is 11.2 Å². The second-order valence-electron chi connectivity index (χ2n) is 6.12. The number of rotatable bonds is 7. The molecule has 10 nitrogen and oxygen atoms in total. The van der Waals surface area contributed by atoms with Gasteiger partial charge >= 0.3 is 0 Å². The largest absolute Gasteiger partial charge is 0.378 e. The molecule has 12 heteroatoms. The number of nitrogens with zero attached hydrogens (tertiary/aromatic N) is 6. The van der Waals surface area contributed by atoms with Crippen LogP contribution in [-0.4, -0.2) is 37.4 Å². The van der Waals surface area contributed by atoms with Gasteiger partial charge in [-0.25, -0.2) is 10.1 Å². The minimum atomic E-state index is -0.515. The number of hydrazone groups is 1. The fourth-order valence-electron chi connectivity index (χ4n) is 2.55. The number of hydrogen-bond acceptors (Lipinski definition) is 9. The highest BCUT2D eigenvalue weighted by atomic mass is 79.9. The number of carbonyl (C=O) groups is 1. The van der Waals surface area contributed by atoms with Crippen molar-refractivity contribution in [3.63, 3.8) is 0 Å². The van der Waals surface area contributed by atoms with Gasteiger partial charge in [-0.3, -0.25) is 4.79 Å². The Labute approximate surface area is 189 Å². The Morgan fingerprint density at radius 3 is 2.68 bits per heavy atom. The van der Waals surface area contributed by atoms with Crippen LogP contribution >= 0.6 is 27.7 Å². The van der Waals surface area contributed by atoms with E-state index < -0.39 is 5.91 Å². The first kappa shape index (κ1) is 20.8. The summed E-state index contributed by atoms with van der Waals surface area (Å²) in [5.41, 5.74) is 9.68. The SMILES string of the molecule is Nc1nonc1-n1nnc(C(=O)N/N=C\c2ccc(Br)cc2)c1CSc1ccccc1. The smallest absolute Gasteiger partial charge is 0.293 e. The first-order valence-electron chi connectivity index (χ1n) is 8.91. The van der Waals surface area contributed by atoms with E-state index in [1.54, 1.807) is 0 Å². The number of benzene rings is 2. The molecule has 4 aromatic rings. The van der Waals surface area contributed by atoms with Crippen LogP contribution in [0.2, 0.25) is 0 Å². The van der Waals surface area contributed by atoms with Crippen molar-refractivity contribution in [2.45, 2.75) is 10.6 Å². The molecule has 2 aromatic heterocycles. The maximum atomic E-state index is 12.7. The summed E-state index contributed by atoms with van der Waals surface area (Å²) in [5.74, 6) is 0.0608. The Morgan fingerprint density at radius 2 is 1.97 bits per heavy atom. The summed E-state index contributed by atoms with van der Waals surface area (Å²) in [4.78, 5) is 13.8. The molecule has 31 heavy (non-hydrogen) atoms. The molecule has 0 unspecified atom stereocenters. The number of nitrogens with one attached hydrogen (secondary N) is 1. The molecule has 3 N–H and O–H groups in total. The van der Waals surface area contributed by atoms with E-state index in [0.717, 1.165) is 14.9 Å². The predicted octanol–water partition coefficient (Wildman–Crippen LogP) is 3.05. The van der Waals surface area contributed by atoms with Gasteiger partial charge in [0.05, 0.1) is 11.9 Å². The minimum absolute atomic E-state index is 0.0380. The molecule has 0 spiro atoms. The van der Waals surface area contributed by atoms with Gasteiger partial charge in [-0.1, -0.05) is 51.5 Å². The lowest BCUT2D eigenvalue weighted by molar-refractivity contribution is 0.0949. The van der Waals surface area contributed by atoms with Crippen molar-refractivity contribution < 1.29 is 9.42 Å². The molecule has 2 aromatic carbocycles. The molecule has 0 saturated carbocycles. The minimum Gasteiger partial charge on any atom is -0.378 e. The maximum Gasteiger partial charge on any atom is 0.293 e. The number of carbonyl (C=O) groups excluding carboxylic acids is 1. The number of amides is 1. The predicted molar refractivity (Wildman–Crippen MR) is 119 cm³/mol. The van der Waals surface area contributed by atoms with E-state index in [1.807, 2.05) is 54.6 Å². The number of hydrogen-bond donors (Lipinski definition) is 2. The van der Waals surface area contributed by atoms with E-state index >= 15 is 0 Å². The van der Waals surface area contributed by atoms with Crippen LogP contribution in [0, 0.1) is 0 Å². The topological polar surface area (TPSA) is 137 Å². The Bertz CT molecular complexity index is 1210. The quantitative estimate of drug-likeness (QED) is 0.225. The molecule has 0 saturated heterocycles. The highest BCUT2D eigenvalue weighted by Crippen LogP contribution is 2.25. The molecule has 0 radical (unpaired) electrons. The van der Waals surface area contributed by atoms with Gasteiger partial charge in [-0.05, 0) is 40.1 Å². The van der Waals surface area contributed by atoms with Crippen LogP contribution in [-0.2, 0) is 5.75 Å². The lowest BCUT2D eigenvalue weighted by Crippen LogP contribution is -2.20. The van der Waals surface area contributed by atoms with Crippen molar-refractivity contribution in [2.75, 3.05) is 5.73 Å². The summed E-state index contributed by atoms with van der Waals surface area (Å²) in [5, 5.41) is 19.4. The Morgan fingerprint density at radius 1 is 1.19 bits per heavy atom. The number of nitrogen functional groups attached to an aromatic ring is 1. The Hall–Kier alpha value is -3.51. The molecule has 156 valence electrons. The van der Waals surface area contributed by atoms with Gasteiger partial charge in [0, 0.05) is 15.1 Å². The van der Waals surface area contributed by atoms with Gasteiger partial charge in [0.25, 0.3) is 5.91 Å². The fraction of sp³-hybridized carbons (Fsp3) is 0.0526. The van der Waals surface area contributed by atoms with Crippen LogP contribution in [0.4, 0.5) is 5.82 Å². The normalized spacial score (nSPS) is 11.1. The molecule has 0 bridgehead atoms. The van der Waals surface area contributed by atoms with Crippen molar-refractivity contribution in [3.8, 4) is 5.82 Å². The Kier molecular flexibility index (Phi) is 6.38. The maximum absolute atomic E-state index is 12.7. The van der Waals surface area contributed by atoms with Crippen LogP contribution in [0.1, 0.15) is 21.7 Å². The monoisotopic (exact) mass is 498 g/mol. The highest BCUT2D eigenvalue weighted by Gasteiger charge is 2.23. The lowest BCUT2D eigenvalue weighted by Gasteiger charge is -2.05. The Balaban J connectivity index is 1.57. The van der Waals surface area contributed by atoms with E-state index in [1.165, 1.54) is 22.7 Å². The first-order valence-corrected chi connectivity index (χ1v) is 10.7. The first-order chi connectivity index (χ1) is 15.1. The third-order valence-corrected chi connectivity index (χ3v) is 5.59. The van der Waals surface area contributed by atoms with E-state index in [4.69, 9.17) is 5.73 Å². The zero-order valence-electron chi connectivity index (χ0n) is 15.8. The van der Waals surface area contributed by atoms with Crippen LogP contribution in [0.15, 0.2) is 73.7 Å². The van der Waals surface area contributed by atoms with Gasteiger partial charge < -0.3 is 5.73 Å². The summed E-state index contributed by atoms with van der Waals surface area (Å²) < 4.78 is 6.96. The highest BCUT2D eigenvalue weighted by molar-refractivity contribution is 9.10. The van der Waals surface area contributed by atoms with E-state index in [2.05, 4.69) is 51.7 Å². The third-order valence-electron chi connectivity index (χ3n) is 4.04. The number of aromatic nitrogens is 5. The number of thioether (sulfide) groups is 1. The molecular weight excluding hydrogens is 484 g/mol. The molecule has 0 fully saturated rings. The molecule has 0 atom stereocenters. The summed E-state index contributed by atoms with van der Waals surface area (Å²) in [6.07, 6.45) is 1.53. The van der Waals surface area contributed by atoms with Crippen molar-refractivity contribution in [3.05, 3.63) is 76.0 Å². The van der Waals surface area contributed by atoms with Gasteiger partial charge in [0.1, 0.15) is 0 Å². The van der Waals surface area contributed by atoms with E-state index in [0.29, 0.717) is 11.4 Å². The molecule has 0 aliphatic rings. The molecule has 4 rings (SSSR count). The number of nitrogens with two attached hydrogens (primary N) is 1. The summed E-state index contributed by atoms with van der Waals surface area (Å²) in [7, 11) is 0. The second kappa shape index (κ2) is 9.53. The van der Waals surface area contributed by atoms with E-state index in [9.17, 15) is 4.79 Å². The van der Waals surface area contributed by atoms with Gasteiger partial charge in [0.15, 0.2) is 5.69 Å².